The van der Waals surface area contributed by atoms with Gasteiger partial charge in [0, 0.05) is 61.0 Å². The van der Waals surface area contributed by atoms with Crippen LogP contribution in [-0.4, -0.2) is 96.9 Å². The van der Waals surface area contributed by atoms with E-state index >= 15 is 0 Å². The molecule has 0 spiro atoms. The predicted octanol–water partition coefficient (Wildman–Crippen LogP) is 5.17. The number of fused-ring (bicyclic) bond motifs is 2. The number of amides is 1. The molecule has 6 rings (SSSR count). The molecule has 1 saturated heterocycles. The van der Waals surface area contributed by atoms with E-state index in [2.05, 4.69) is 57.8 Å². The second kappa shape index (κ2) is 13.6. The molecule has 1 aliphatic carbocycles. The number of likely N-dealkylation sites (N-methyl/N-ethyl adjacent to an activating group) is 1. The summed E-state index contributed by atoms with van der Waals surface area (Å²) < 4.78 is 19.0. The van der Waals surface area contributed by atoms with E-state index in [-0.39, 0.29) is 24.5 Å². The molecule has 9 nitrogen and oxygen atoms in total. The number of hydrogen-bond donors (Lipinski definition) is 0. The largest absolute Gasteiger partial charge is 0.462 e. The average molecular weight is 632 g/mol. The normalized spacial score (nSPS) is 19.2. The van der Waals surface area contributed by atoms with Crippen LogP contribution in [0.5, 0.6) is 6.01 Å². The number of carbonyl (C=O) groups excluding carboxylic acids is 1. The molecule has 2 atom stereocenters. The highest BCUT2D eigenvalue weighted by Gasteiger charge is 2.35. The number of rotatable bonds is 10. The van der Waals surface area contributed by atoms with Crippen molar-refractivity contribution in [3.8, 4) is 6.01 Å². The Hall–Kier alpha value is -3.94. The van der Waals surface area contributed by atoms with Crippen LogP contribution in [0.4, 0.5) is 15.9 Å². The maximum Gasteiger partial charge on any atom is 0.318 e. The van der Waals surface area contributed by atoms with Crippen molar-refractivity contribution in [2.75, 3.05) is 62.9 Å². The molecule has 3 aliphatic rings. The van der Waals surface area contributed by atoms with Crippen LogP contribution in [0.3, 0.4) is 0 Å². The molecule has 0 bridgehead atoms. The first-order valence-electron chi connectivity index (χ1n) is 15.7. The number of nitrogens with zero attached hydrogens (tertiary/aromatic N) is 7. The standard InChI is InChI=1S/C34H39ClFN7O2/c1-23(40(3)25-12-13-25)22-45-34-38-29-21-41(30-10-5-8-24-7-4-9-28(35)32(24)30)16-14-27(29)33(39-34)42-17-18-43(26(20-42)19-37-2)31(44)11-6-15-36/h4-11,23,25-26H,12-22H2,1,3H3/b11-6+/t23-,26+/m1/s1. The zero-order valence-electron chi connectivity index (χ0n) is 25.8. The van der Waals surface area contributed by atoms with E-state index in [4.69, 9.17) is 32.9 Å². The summed E-state index contributed by atoms with van der Waals surface area (Å²) in [4.78, 5) is 34.9. The van der Waals surface area contributed by atoms with Gasteiger partial charge in [-0.25, -0.2) is 11.0 Å². The molecule has 2 fully saturated rings. The maximum absolute atomic E-state index is 12.8. The lowest BCUT2D eigenvalue weighted by Crippen LogP contribution is -2.56. The van der Waals surface area contributed by atoms with E-state index in [1.54, 1.807) is 4.90 Å². The van der Waals surface area contributed by atoms with Crippen molar-refractivity contribution >= 4 is 39.8 Å². The monoisotopic (exact) mass is 631 g/mol. The van der Waals surface area contributed by atoms with Crippen molar-refractivity contribution in [2.45, 2.75) is 50.9 Å². The molecule has 2 aliphatic heterocycles. The van der Waals surface area contributed by atoms with Crippen LogP contribution in [0, 0.1) is 6.57 Å². The minimum atomic E-state index is -0.702. The van der Waals surface area contributed by atoms with Crippen LogP contribution >= 0.6 is 11.6 Å². The third-order valence-electron chi connectivity index (χ3n) is 9.18. The first kappa shape index (κ1) is 31.1. The number of hydrogen-bond acceptors (Lipinski definition) is 7. The highest BCUT2D eigenvalue weighted by Crippen LogP contribution is 2.37. The van der Waals surface area contributed by atoms with Crippen molar-refractivity contribution in [3.63, 3.8) is 0 Å². The molecule has 1 aromatic heterocycles. The van der Waals surface area contributed by atoms with Crippen LogP contribution in [0.25, 0.3) is 15.6 Å². The van der Waals surface area contributed by atoms with Gasteiger partial charge in [0.25, 0.3) is 0 Å². The summed E-state index contributed by atoms with van der Waals surface area (Å²) in [5.41, 5.74) is 3.03. The lowest BCUT2D eigenvalue weighted by atomic mass is 10.0. The van der Waals surface area contributed by atoms with Crippen molar-refractivity contribution in [2.24, 2.45) is 0 Å². The second-order valence-electron chi connectivity index (χ2n) is 12.1. The zero-order valence-corrected chi connectivity index (χ0v) is 26.6. The lowest BCUT2D eigenvalue weighted by Gasteiger charge is -2.41. The van der Waals surface area contributed by atoms with Gasteiger partial charge in [0.15, 0.2) is 0 Å². The second-order valence-corrected chi connectivity index (χ2v) is 12.5. The zero-order chi connectivity index (χ0) is 31.5. The third-order valence-corrected chi connectivity index (χ3v) is 9.50. The highest BCUT2D eigenvalue weighted by molar-refractivity contribution is 6.36. The number of alkyl halides is 1. The van der Waals surface area contributed by atoms with E-state index in [1.165, 1.54) is 25.0 Å². The summed E-state index contributed by atoms with van der Waals surface area (Å²) in [5, 5.41) is 2.83. The van der Waals surface area contributed by atoms with Crippen molar-refractivity contribution in [1.29, 1.82) is 0 Å². The van der Waals surface area contributed by atoms with Crippen LogP contribution < -0.4 is 14.5 Å². The Morgan fingerprint density at radius 2 is 2.00 bits per heavy atom. The molecule has 1 saturated carbocycles. The summed E-state index contributed by atoms with van der Waals surface area (Å²) in [5.74, 6) is 0.531. The first-order valence-corrected chi connectivity index (χ1v) is 16.0. The number of ether oxygens (including phenoxy) is 1. The molecule has 3 aromatic rings. The molecule has 1 amide bonds. The van der Waals surface area contributed by atoms with Gasteiger partial charge in [0.2, 0.25) is 12.5 Å². The predicted molar refractivity (Wildman–Crippen MR) is 176 cm³/mol. The Bertz CT molecular complexity index is 1620. The van der Waals surface area contributed by atoms with Crippen molar-refractivity contribution < 1.29 is 13.9 Å². The molecule has 236 valence electrons. The van der Waals surface area contributed by atoms with Gasteiger partial charge in [0.1, 0.15) is 25.1 Å². The topological polar surface area (TPSA) is 69.4 Å². The number of benzene rings is 2. The van der Waals surface area contributed by atoms with Gasteiger partial charge in [0.05, 0.1) is 17.3 Å². The Morgan fingerprint density at radius 3 is 2.76 bits per heavy atom. The van der Waals surface area contributed by atoms with Gasteiger partial charge in [-0.05, 0) is 56.8 Å². The maximum atomic E-state index is 12.8. The van der Waals surface area contributed by atoms with E-state index in [0.717, 1.165) is 51.5 Å². The van der Waals surface area contributed by atoms with E-state index in [0.29, 0.717) is 44.8 Å². The highest BCUT2D eigenvalue weighted by atomic mass is 35.5. The SMILES string of the molecule is [C-]#[N+]C[C@H]1CN(c2nc(OC[C@@H](C)N(C)C3CC3)nc3c2CCN(c2cccc4cccc(Cl)c24)C3)CCN1C(=O)/C=C/CF. The van der Waals surface area contributed by atoms with E-state index in [9.17, 15) is 9.18 Å². The lowest BCUT2D eigenvalue weighted by molar-refractivity contribution is -0.128. The molecule has 45 heavy (non-hydrogen) atoms. The fourth-order valence-electron chi connectivity index (χ4n) is 6.45. The summed E-state index contributed by atoms with van der Waals surface area (Å²) in [7, 11) is 2.14. The number of anilines is 2. The quantitative estimate of drug-likeness (QED) is 0.226. The Labute approximate surface area is 269 Å². The average Bonchev–Trinajstić information content (AvgIpc) is 3.91. The fraction of sp³-hybridized carbons (Fsp3) is 0.471. The summed E-state index contributed by atoms with van der Waals surface area (Å²) >= 11 is 6.70. The van der Waals surface area contributed by atoms with Gasteiger partial charge >= 0.3 is 6.01 Å². The molecule has 3 heterocycles. The summed E-state index contributed by atoms with van der Waals surface area (Å²) in [6.45, 7) is 12.3. The van der Waals surface area contributed by atoms with Crippen LogP contribution in [0.1, 0.15) is 31.0 Å². The molecule has 11 heteroatoms. The van der Waals surface area contributed by atoms with Gasteiger partial charge in [-0.15, -0.1) is 0 Å². The van der Waals surface area contributed by atoms with Gasteiger partial charge in [-0.2, -0.15) is 9.97 Å². The molecule has 0 radical (unpaired) electrons. The molecule has 2 aromatic carbocycles. The smallest absolute Gasteiger partial charge is 0.318 e. The van der Waals surface area contributed by atoms with E-state index < -0.39 is 6.67 Å². The Kier molecular flexibility index (Phi) is 9.38. The Morgan fingerprint density at radius 1 is 1.20 bits per heavy atom. The molecule has 0 unspecified atom stereocenters. The van der Waals surface area contributed by atoms with Gasteiger partial charge in [-0.3, -0.25) is 9.69 Å². The van der Waals surface area contributed by atoms with Crippen molar-refractivity contribution in [3.05, 3.63) is 76.2 Å². The molecule has 0 N–H and O–H groups in total. The minimum absolute atomic E-state index is 0.156. The molecular weight excluding hydrogens is 593 g/mol. The van der Waals surface area contributed by atoms with Crippen LogP contribution in [0.2, 0.25) is 5.02 Å². The van der Waals surface area contributed by atoms with Crippen LogP contribution in [0.15, 0.2) is 48.6 Å². The number of carbonyl (C=O) groups is 1. The number of piperazine rings is 1. The van der Waals surface area contributed by atoms with Gasteiger partial charge < -0.3 is 24.3 Å². The number of halogens is 2. The van der Waals surface area contributed by atoms with Gasteiger partial charge in [-0.1, -0.05) is 35.9 Å². The van der Waals surface area contributed by atoms with Crippen LogP contribution in [-0.2, 0) is 17.8 Å². The Balaban J connectivity index is 1.31. The third kappa shape index (κ3) is 6.70. The molecular formula is C34H39ClFN7O2. The minimum Gasteiger partial charge on any atom is -0.462 e. The first-order chi connectivity index (χ1) is 21.9. The van der Waals surface area contributed by atoms with E-state index in [1.807, 2.05) is 12.1 Å². The number of allylic oxidation sites excluding steroid dienone is 1. The fourth-order valence-corrected chi connectivity index (χ4v) is 6.73. The summed E-state index contributed by atoms with van der Waals surface area (Å²) in [6.07, 6.45) is 5.64. The summed E-state index contributed by atoms with van der Waals surface area (Å²) in [6, 6.07) is 13.0. The van der Waals surface area contributed by atoms with Crippen molar-refractivity contribution in [1.82, 2.24) is 19.8 Å². The number of aromatic nitrogens is 2.